The highest BCUT2D eigenvalue weighted by atomic mass is 16.3. The Labute approximate surface area is 95.5 Å². The largest absolute Gasteiger partial charge is 0.390 e. The summed E-state index contributed by atoms with van der Waals surface area (Å²) >= 11 is 0. The average molecular weight is 215 g/mol. The SMILES string of the molecule is CCC(C)CC(C)(O)CCNCC(C)C. The molecule has 2 nitrogen and oxygen atoms in total. The quantitative estimate of drug-likeness (QED) is 0.610. The summed E-state index contributed by atoms with van der Waals surface area (Å²) in [6.45, 7) is 12.7. The minimum Gasteiger partial charge on any atom is -0.390 e. The van der Waals surface area contributed by atoms with E-state index in [9.17, 15) is 5.11 Å². The van der Waals surface area contributed by atoms with Crippen molar-refractivity contribution in [3.63, 3.8) is 0 Å². The number of rotatable bonds is 8. The minimum absolute atomic E-state index is 0.501. The molecule has 0 heterocycles. The van der Waals surface area contributed by atoms with Gasteiger partial charge < -0.3 is 10.4 Å². The molecule has 0 aliphatic heterocycles. The molecule has 2 heteroatoms. The van der Waals surface area contributed by atoms with Crippen molar-refractivity contribution in [2.45, 2.75) is 59.5 Å². The van der Waals surface area contributed by atoms with Gasteiger partial charge in [-0.1, -0.05) is 34.1 Å². The monoisotopic (exact) mass is 215 g/mol. The Kier molecular flexibility index (Phi) is 7.20. The van der Waals surface area contributed by atoms with Crippen molar-refractivity contribution in [1.29, 1.82) is 0 Å². The fraction of sp³-hybridized carbons (Fsp3) is 1.00. The third-order valence-electron chi connectivity index (χ3n) is 2.88. The van der Waals surface area contributed by atoms with Gasteiger partial charge in [0.1, 0.15) is 0 Å². The first-order valence-electron chi connectivity index (χ1n) is 6.30. The maximum absolute atomic E-state index is 10.1. The van der Waals surface area contributed by atoms with Gasteiger partial charge in [-0.25, -0.2) is 0 Å². The average Bonchev–Trinajstić information content (AvgIpc) is 2.11. The second-order valence-electron chi connectivity index (χ2n) is 5.56. The van der Waals surface area contributed by atoms with Crippen molar-refractivity contribution in [2.75, 3.05) is 13.1 Å². The molecule has 2 atom stereocenters. The summed E-state index contributed by atoms with van der Waals surface area (Å²) in [5.41, 5.74) is -0.501. The third-order valence-corrected chi connectivity index (χ3v) is 2.88. The molecule has 0 aromatic heterocycles. The first-order chi connectivity index (χ1) is 6.87. The van der Waals surface area contributed by atoms with Crippen molar-refractivity contribution < 1.29 is 5.11 Å². The molecule has 0 saturated carbocycles. The van der Waals surface area contributed by atoms with E-state index < -0.39 is 5.60 Å². The first kappa shape index (κ1) is 14.9. The van der Waals surface area contributed by atoms with Gasteiger partial charge in [0.05, 0.1) is 5.60 Å². The van der Waals surface area contributed by atoms with E-state index in [1.54, 1.807) is 0 Å². The molecular weight excluding hydrogens is 186 g/mol. The van der Waals surface area contributed by atoms with Crippen LogP contribution in [-0.4, -0.2) is 23.8 Å². The molecule has 0 saturated heterocycles. The predicted molar refractivity (Wildman–Crippen MR) is 67.0 cm³/mol. The van der Waals surface area contributed by atoms with E-state index in [4.69, 9.17) is 0 Å². The Morgan fingerprint density at radius 2 is 1.87 bits per heavy atom. The standard InChI is InChI=1S/C13H29NO/c1-6-12(4)9-13(5,15)7-8-14-10-11(2)3/h11-12,14-15H,6-10H2,1-5H3. The van der Waals surface area contributed by atoms with Crippen LogP contribution >= 0.6 is 0 Å². The molecule has 0 rings (SSSR count). The van der Waals surface area contributed by atoms with E-state index >= 15 is 0 Å². The number of aliphatic hydroxyl groups is 1. The van der Waals surface area contributed by atoms with Gasteiger partial charge in [0.25, 0.3) is 0 Å². The molecule has 0 aliphatic carbocycles. The van der Waals surface area contributed by atoms with E-state index in [0.717, 1.165) is 32.4 Å². The van der Waals surface area contributed by atoms with Crippen LogP contribution in [0.5, 0.6) is 0 Å². The van der Waals surface area contributed by atoms with Crippen LogP contribution in [-0.2, 0) is 0 Å². The lowest BCUT2D eigenvalue weighted by Crippen LogP contribution is -2.32. The summed E-state index contributed by atoms with van der Waals surface area (Å²) in [6.07, 6.45) is 2.91. The molecule has 0 aromatic rings. The van der Waals surface area contributed by atoms with Crippen LogP contribution in [0.3, 0.4) is 0 Å². The Bertz CT molecular complexity index is 155. The first-order valence-corrected chi connectivity index (χ1v) is 6.30. The fourth-order valence-corrected chi connectivity index (χ4v) is 1.75. The lowest BCUT2D eigenvalue weighted by molar-refractivity contribution is 0.0274. The molecule has 2 N–H and O–H groups in total. The van der Waals surface area contributed by atoms with E-state index in [1.807, 2.05) is 6.92 Å². The van der Waals surface area contributed by atoms with Gasteiger partial charge in [-0.05, 0) is 44.7 Å². The topological polar surface area (TPSA) is 32.3 Å². The molecule has 0 radical (unpaired) electrons. The van der Waals surface area contributed by atoms with Gasteiger partial charge in [0.15, 0.2) is 0 Å². The van der Waals surface area contributed by atoms with Crippen LogP contribution in [0.15, 0.2) is 0 Å². The molecule has 0 bridgehead atoms. The molecule has 92 valence electrons. The van der Waals surface area contributed by atoms with Crippen molar-refractivity contribution in [3.8, 4) is 0 Å². The summed E-state index contributed by atoms with van der Waals surface area (Å²) in [5, 5.41) is 13.5. The summed E-state index contributed by atoms with van der Waals surface area (Å²) in [5.74, 6) is 1.30. The molecule has 0 aromatic carbocycles. The van der Waals surface area contributed by atoms with Gasteiger partial charge in [-0.15, -0.1) is 0 Å². The van der Waals surface area contributed by atoms with Crippen LogP contribution in [0.25, 0.3) is 0 Å². The van der Waals surface area contributed by atoms with Crippen molar-refractivity contribution >= 4 is 0 Å². The maximum Gasteiger partial charge on any atom is 0.0634 e. The second kappa shape index (κ2) is 7.24. The number of hydrogen-bond donors (Lipinski definition) is 2. The van der Waals surface area contributed by atoms with E-state index in [0.29, 0.717) is 11.8 Å². The zero-order valence-corrected chi connectivity index (χ0v) is 11.1. The van der Waals surface area contributed by atoms with E-state index in [2.05, 4.69) is 33.0 Å². The Balaban J connectivity index is 3.64. The summed E-state index contributed by atoms with van der Waals surface area (Å²) in [4.78, 5) is 0. The van der Waals surface area contributed by atoms with Crippen molar-refractivity contribution in [3.05, 3.63) is 0 Å². The number of hydrogen-bond acceptors (Lipinski definition) is 2. The lowest BCUT2D eigenvalue weighted by atomic mass is 9.89. The molecule has 0 amide bonds. The Hall–Kier alpha value is -0.0800. The molecule has 15 heavy (non-hydrogen) atoms. The number of nitrogens with one attached hydrogen (secondary N) is 1. The van der Waals surface area contributed by atoms with Crippen molar-refractivity contribution in [2.24, 2.45) is 11.8 Å². The lowest BCUT2D eigenvalue weighted by Gasteiger charge is -2.26. The van der Waals surface area contributed by atoms with E-state index in [1.165, 1.54) is 0 Å². The van der Waals surface area contributed by atoms with Gasteiger partial charge in [0, 0.05) is 0 Å². The Morgan fingerprint density at radius 3 is 2.33 bits per heavy atom. The summed E-state index contributed by atoms with van der Waals surface area (Å²) in [6, 6.07) is 0. The second-order valence-corrected chi connectivity index (χ2v) is 5.56. The van der Waals surface area contributed by atoms with Gasteiger partial charge in [0.2, 0.25) is 0 Å². The molecule has 0 spiro atoms. The summed E-state index contributed by atoms with van der Waals surface area (Å²) < 4.78 is 0. The molecular formula is C13H29NO. The van der Waals surface area contributed by atoms with Gasteiger partial charge >= 0.3 is 0 Å². The zero-order valence-electron chi connectivity index (χ0n) is 11.1. The van der Waals surface area contributed by atoms with Crippen molar-refractivity contribution in [1.82, 2.24) is 5.32 Å². The van der Waals surface area contributed by atoms with Crippen LogP contribution in [0.1, 0.15) is 53.9 Å². The van der Waals surface area contributed by atoms with Gasteiger partial charge in [-0.3, -0.25) is 0 Å². The fourth-order valence-electron chi connectivity index (χ4n) is 1.75. The third kappa shape index (κ3) is 8.88. The van der Waals surface area contributed by atoms with Crippen LogP contribution in [0.2, 0.25) is 0 Å². The van der Waals surface area contributed by atoms with Crippen LogP contribution in [0, 0.1) is 11.8 Å². The molecule has 2 unspecified atom stereocenters. The summed E-state index contributed by atoms with van der Waals surface area (Å²) in [7, 11) is 0. The predicted octanol–water partition coefficient (Wildman–Crippen LogP) is 2.81. The smallest absolute Gasteiger partial charge is 0.0634 e. The van der Waals surface area contributed by atoms with Crippen LogP contribution < -0.4 is 5.32 Å². The maximum atomic E-state index is 10.1. The normalized spacial score (nSPS) is 17.8. The zero-order chi connectivity index (χ0) is 11.9. The van der Waals surface area contributed by atoms with E-state index in [-0.39, 0.29) is 0 Å². The van der Waals surface area contributed by atoms with Crippen LogP contribution in [0.4, 0.5) is 0 Å². The Morgan fingerprint density at radius 1 is 1.27 bits per heavy atom. The highest BCUT2D eigenvalue weighted by molar-refractivity contribution is 4.76. The molecule has 0 fully saturated rings. The van der Waals surface area contributed by atoms with Gasteiger partial charge in [-0.2, -0.15) is 0 Å². The minimum atomic E-state index is -0.501. The highest BCUT2D eigenvalue weighted by Crippen LogP contribution is 2.21. The highest BCUT2D eigenvalue weighted by Gasteiger charge is 2.21. The molecule has 0 aliphatic rings.